The van der Waals surface area contributed by atoms with Gasteiger partial charge in [0.2, 0.25) is 0 Å². The summed E-state index contributed by atoms with van der Waals surface area (Å²) in [6.07, 6.45) is 0.996. The molecule has 3 nitrogen and oxygen atoms in total. The van der Waals surface area contributed by atoms with Gasteiger partial charge in [-0.25, -0.2) is 0 Å². The van der Waals surface area contributed by atoms with Gasteiger partial charge in [0.25, 0.3) is 0 Å². The fourth-order valence-corrected chi connectivity index (χ4v) is 2.78. The van der Waals surface area contributed by atoms with E-state index in [0.717, 1.165) is 12.0 Å². The Bertz CT molecular complexity index is 666. The summed E-state index contributed by atoms with van der Waals surface area (Å²) in [7, 11) is 0. The van der Waals surface area contributed by atoms with E-state index >= 15 is 0 Å². The highest BCUT2D eigenvalue weighted by atomic mass is 16.5. The SMILES string of the molecule is CC(C(=O)OCC1Cc2ccccc21)c1cccc(N)c1. The molecule has 0 saturated carbocycles. The molecule has 2 N–H and O–H groups in total. The van der Waals surface area contributed by atoms with Crippen LogP contribution in [0.2, 0.25) is 0 Å². The van der Waals surface area contributed by atoms with E-state index in [0.29, 0.717) is 18.2 Å². The molecule has 108 valence electrons. The Morgan fingerprint density at radius 1 is 1.29 bits per heavy atom. The van der Waals surface area contributed by atoms with Crippen LogP contribution in [0, 0.1) is 0 Å². The molecular formula is C18H19NO2. The minimum Gasteiger partial charge on any atom is -0.465 e. The van der Waals surface area contributed by atoms with Crippen molar-refractivity contribution in [2.24, 2.45) is 0 Å². The number of rotatable bonds is 4. The van der Waals surface area contributed by atoms with E-state index in [9.17, 15) is 4.79 Å². The van der Waals surface area contributed by atoms with Crippen LogP contribution in [0.4, 0.5) is 5.69 Å². The predicted molar refractivity (Wildman–Crippen MR) is 83.1 cm³/mol. The molecule has 0 spiro atoms. The zero-order valence-electron chi connectivity index (χ0n) is 12.1. The standard InChI is InChI=1S/C18H19NO2/c1-12(13-6-4-7-16(19)10-13)18(20)21-11-15-9-14-5-2-3-8-17(14)15/h2-8,10,12,15H,9,11,19H2,1H3. The van der Waals surface area contributed by atoms with Gasteiger partial charge in [0.15, 0.2) is 0 Å². The van der Waals surface area contributed by atoms with Crippen molar-refractivity contribution in [3.63, 3.8) is 0 Å². The number of hydrogen-bond donors (Lipinski definition) is 1. The first kappa shape index (κ1) is 13.7. The number of carbonyl (C=O) groups is 1. The number of fused-ring (bicyclic) bond motifs is 1. The Kier molecular flexibility index (Phi) is 3.65. The Balaban J connectivity index is 1.58. The quantitative estimate of drug-likeness (QED) is 0.691. The molecule has 3 rings (SSSR count). The van der Waals surface area contributed by atoms with Crippen LogP contribution >= 0.6 is 0 Å². The lowest BCUT2D eigenvalue weighted by Gasteiger charge is -2.29. The van der Waals surface area contributed by atoms with E-state index < -0.39 is 0 Å². The van der Waals surface area contributed by atoms with Crippen molar-refractivity contribution in [2.45, 2.75) is 25.2 Å². The molecule has 0 radical (unpaired) electrons. The third kappa shape index (κ3) is 2.77. The van der Waals surface area contributed by atoms with Crippen LogP contribution in [-0.4, -0.2) is 12.6 Å². The topological polar surface area (TPSA) is 52.3 Å². The summed E-state index contributed by atoms with van der Waals surface area (Å²) in [4.78, 5) is 12.1. The Morgan fingerprint density at radius 2 is 2.10 bits per heavy atom. The average molecular weight is 281 g/mol. The monoisotopic (exact) mass is 281 g/mol. The van der Waals surface area contributed by atoms with Gasteiger partial charge in [0.1, 0.15) is 0 Å². The van der Waals surface area contributed by atoms with E-state index in [4.69, 9.17) is 10.5 Å². The number of nitrogens with two attached hydrogens (primary N) is 1. The van der Waals surface area contributed by atoms with Crippen LogP contribution < -0.4 is 5.73 Å². The number of nitrogen functional groups attached to an aromatic ring is 1. The maximum Gasteiger partial charge on any atom is 0.313 e. The van der Waals surface area contributed by atoms with Gasteiger partial charge < -0.3 is 10.5 Å². The van der Waals surface area contributed by atoms with E-state index in [1.54, 1.807) is 0 Å². The van der Waals surface area contributed by atoms with Crippen LogP contribution in [-0.2, 0) is 16.0 Å². The van der Waals surface area contributed by atoms with E-state index in [2.05, 4.69) is 12.1 Å². The second-order valence-corrected chi connectivity index (χ2v) is 5.62. The smallest absolute Gasteiger partial charge is 0.313 e. The normalized spacial score (nSPS) is 17.5. The van der Waals surface area contributed by atoms with Crippen molar-refractivity contribution in [3.05, 3.63) is 65.2 Å². The highest BCUT2D eigenvalue weighted by Crippen LogP contribution is 2.35. The maximum absolute atomic E-state index is 12.1. The second kappa shape index (κ2) is 5.60. The van der Waals surface area contributed by atoms with Gasteiger partial charge in [-0.05, 0) is 42.2 Å². The zero-order valence-corrected chi connectivity index (χ0v) is 12.1. The number of anilines is 1. The first-order valence-electron chi connectivity index (χ1n) is 7.25. The van der Waals surface area contributed by atoms with Crippen molar-refractivity contribution in [1.82, 2.24) is 0 Å². The van der Waals surface area contributed by atoms with Gasteiger partial charge in [-0.2, -0.15) is 0 Å². The summed E-state index contributed by atoms with van der Waals surface area (Å²) >= 11 is 0. The van der Waals surface area contributed by atoms with Crippen molar-refractivity contribution in [3.8, 4) is 0 Å². The van der Waals surface area contributed by atoms with Gasteiger partial charge in [0, 0.05) is 11.6 Å². The van der Waals surface area contributed by atoms with Crippen LogP contribution in [0.5, 0.6) is 0 Å². The lowest BCUT2D eigenvalue weighted by molar-refractivity contribution is -0.145. The van der Waals surface area contributed by atoms with Gasteiger partial charge in [-0.15, -0.1) is 0 Å². The van der Waals surface area contributed by atoms with E-state index in [-0.39, 0.29) is 11.9 Å². The molecule has 2 aromatic carbocycles. The van der Waals surface area contributed by atoms with Crippen LogP contribution in [0.1, 0.15) is 35.4 Å². The molecule has 2 aromatic rings. The molecule has 0 aliphatic heterocycles. The molecule has 21 heavy (non-hydrogen) atoms. The summed E-state index contributed by atoms with van der Waals surface area (Å²) in [5.74, 6) is -0.132. The highest BCUT2D eigenvalue weighted by molar-refractivity contribution is 5.78. The summed E-state index contributed by atoms with van der Waals surface area (Å²) in [5, 5.41) is 0. The van der Waals surface area contributed by atoms with Gasteiger partial charge in [-0.1, -0.05) is 36.4 Å². The molecule has 0 bridgehead atoms. The summed E-state index contributed by atoms with van der Waals surface area (Å²) in [6.45, 7) is 2.31. The molecule has 2 unspecified atom stereocenters. The maximum atomic E-state index is 12.1. The van der Waals surface area contributed by atoms with Crippen molar-refractivity contribution < 1.29 is 9.53 Å². The van der Waals surface area contributed by atoms with Gasteiger partial charge in [-0.3, -0.25) is 4.79 Å². The minimum atomic E-state index is -0.288. The number of carbonyl (C=O) groups excluding carboxylic acids is 1. The number of esters is 1. The van der Waals surface area contributed by atoms with Crippen LogP contribution in [0.3, 0.4) is 0 Å². The molecule has 0 saturated heterocycles. The molecule has 3 heteroatoms. The number of ether oxygens (including phenoxy) is 1. The Labute approximate surface area is 124 Å². The zero-order chi connectivity index (χ0) is 14.8. The van der Waals surface area contributed by atoms with E-state index in [1.165, 1.54) is 11.1 Å². The first-order valence-corrected chi connectivity index (χ1v) is 7.25. The lowest BCUT2D eigenvalue weighted by atomic mass is 9.78. The molecular weight excluding hydrogens is 262 g/mol. The highest BCUT2D eigenvalue weighted by Gasteiger charge is 2.27. The van der Waals surface area contributed by atoms with Crippen molar-refractivity contribution >= 4 is 11.7 Å². The summed E-state index contributed by atoms with van der Waals surface area (Å²) in [5.41, 5.74) is 9.99. The van der Waals surface area contributed by atoms with Crippen LogP contribution in [0.15, 0.2) is 48.5 Å². The fourth-order valence-electron chi connectivity index (χ4n) is 2.78. The largest absolute Gasteiger partial charge is 0.465 e. The van der Waals surface area contributed by atoms with E-state index in [1.807, 2.05) is 43.3 Å². The molecule has 0 aromatic heterocycles. The fraction of sp³-hybridized carbons (Fsp3) is 0.278. The minimum absolute atomic E-state index is 0.190. The third-order valence-corrected chi connectivity index (χ3v) is 4.15. The number of benzene rings is 2. The third-order valence-electron chi connectivity index (χ3n) is 4.15. The molecule has 2 atom stereocenters. The van der Waals surface area contributed by atoms with Crippen LogP contribution in [0.25, 0.3) is 0 Å². The van der Waals surface area contributed by atoms with Gasteiger partial charge in [0.05, 0.1) is 12.5 Å². The predicted octanol–water partition coefficient (Wildman–Crippen LogP) is 3.26. The molecule has 0 fully saturated rings. The first-order chi connectivity index (χ1) is 10.1. The summed E-state index contributed by atoms with van der Waals surface area (Å²) in [6, 6.07) is 15.7. The molecule has 0 heterocycles. The number of hydrogen-bond acceptors (Lipinski definition) is 3. The Morgan fingerprint density at radius 3 is 2.86 bits per heavy atom. The summed E-state index contributed by atoms with van der Waals surface area (Å²) < 4.78 is 5.48. The average Bonchev–Trinajstić information content (AvgIpc) is 2.47. The molecule has 1 aliphatic carbocycles. The van der Waals surface area contributed by atoms with Crippen molar-refractivity contribution in [2.75, 3.05) is 12.3 Å². The molecule has 0 amide bonds. The Hall–Kier alpha value is -2.29. The van der Waals surface area contributed by atoms with Gasteiger partial charge >= 0.3 is 5.97 Å². The molecule has 1 aliphatic rings. The lowest BCUT2D eigenvalue weighted by Crippen LogP contribution is -2.24. The second-order valence-electron chi connectivity index (χ2n) is 5.62. The van der Waals surface area contributed by atoms with Crippen molar-refractivity contribution in [1.29, 1.82) is 0 Å².